The van der Waals surface area contributed by atoms with Crippen LogP contribution in [0.3, 0.4) is 0 Å². The summed E-state index contributed by atoms with van der Waals surface area (Å²) in [6, 6.07) is 16.3. The third-order valence-corrected chi connectivity index (χ3v) is 6.01. The number of aryl methyl sites for hydroxylation is 1. The van der Waals surface area contributed by atoms with Gasteiger partial charge in [-0.1, -0.05) is 32.0 Å². The van der Waals surface area contributed by atoms with Crippen molar-refractivity contribution in [3.05, 3.63) is 77.1 Å². The van der Waals surface area contributed by atoms with Crippen molar-refractivity contribution in [3.8, 4) is 22.6 Å². The highest BCUT2D eigenvalue weighted by molar-refractivity contribution is 5.73. The van der Waals surface area contributed by atoms with E-state index in [1.807, 2.05) is 71.9 Å². The van der Waals surface area contributed by atoms with Gasteiger partial charge in [0, 0.05) is 24.8 Å². The Kier molecular flexibility index (Phi) is 9.56. The third-order valence-electron chi connectivity index (χ3n) is 6.01. The van der Waals surface area contributed by atoms with Gasteiger partial charge in [0.25, 0.3) is 0 Å². The molecule has 1 amide bonds. The van der Waals surface area contributed by atoms with Gasteiger partial charge in [-0.3, -0.25) is 4.98 Å². The minimum atomic E-state index is -0.500. The Morgan fingerprint density at radius 3 is 2.38 bits per heavy atom. The molecule has 0 radical (unpaired) electrons. The van der Waals surface area contributed by atoms with Crippen LogP contribution in [0, 0.1) is 6.92 Å². The molecule has 6 heteroatoms. The largest absolute Gasteiger partial charge is 0.497 e. The number of pyridine rings is 1. The molecule has 6 nitrogen and oxygen atoms in total. The molecule has 1 aliphatic heterocycles. The molecular weight excluding hydrogens is 464 g/mol. The van der Waals surface area contributed by atoms with Crippen molar-refractivity contribution in [1.82, 2.24) is 9.88 Å². The molecule has 2 heterocycles. The number of benzene rings is 2. The van der Waals surface area contributed by atoms with Crippen molar-refractivity contribution in [1.29, 1.82) is 0 Å². The molecule has 37 heavy (non-hydrogen) atoms. The van der Waals surface area contributed by atoms with Crippen LogP contribution in [0.15, 0.2) is 54.7 Å². The Balaban J connectivity index is 0.00000186. The van der Waals surface area contributed by atoms with Gasteiger partial charge in [-0.05, 0) is 93.1 Å². The lowest BCUT2D eigenvalue weighted by Crippen LogP contribution is -2.38. The SMILES string of the molecule is CC.COc1ccc(OCc2cc(C)ccn2)c(-c2ccc3c(c2)CCN(C(=O)OC(C)(C)C)CC3)c1. The molecule has 3 aromatic rings. The highest BCUT2D eigenvalue weighted by atomic mass is 16.6. The van der Waals surface area contributed by atoms with Crippen LogP contribution in [-0.2, 0) is 24.2 Å². The summed E-state index contributed by atoms with van der Waals surface area (Å²) in [7, 11) is 1.67. The maximum Gasteiger partial charge on any atom is 0.410 e. The average molecular weight is 505 g/mol. The molecular formula is C31H40N2O4. The lowest BCUT2D eigenvalue weighted by Gasteiger charge is -2.26. The van der Waals surface area contributed by atoms with Gasteiger partial charge < -0.3 is 19.1 Å². The van der Waals surface area contributed by atoms with E-state index in [0.29, 0.717) is 19.7 Å². The number of ether oxygens (including phenoxy) is 3. The van der Waals surface area contributed by atoms with E-state index in [0.717, 1.165) is 46.7 Å². The molecule has 0 N–H and O–H groups in total. The summed E-state index contributed by atoms with van der Waals surface area (Å²) < 4.78 is 17.3. The summed E-state index contributed by atoms with van der Waals surface area (Å²) in [6.45, 7) is 13.4. The molecule has 0 saturated heterocycles. The van der Waals surface area contributed by atoms with E-state index < -0.39 is 5.60 Å². The summed E-state index contributed by atoms with van der Waals surface area (Å²) >= 11 is 0. The Bertz CT molecular complexity index is 1200. The lowest BCUT2D eigenvalue weighted by atomic mass is 9.96. The predicted molar refractivity (Wildman–Crippen MR) is 148 cm³/mol. The van der Waals surface area contributed by atoms with Crippen LogP contribution in [0.4, 0.5) is 4.79 Å². The topological polar surface area (TPSA) is 60.9 Å². The predicted octanol–water partition coefficient (Wildman–Crippen LogP) is 7.01. The second-order valence-electron chi connectivity index (χ2n) is 9.93. The fourth-order valence-corrected chi connectivity index (χ4v) is 4.22. The summed E-state index contributed by atoms with van der Waals surface area (Å²) in [5, 5.41) is 0. The highest BCUT2D eigenvalue weighted by Gasteiger charge is 2.24. The first-order chi connectivity index (χ1) is 17.7. The molecule has 1 aliphatic rings. The van der Waals surface area contributed by atoms with Gasteiger partial charge in [-0.25, -0.2) is 4.79 Å². The molecule has 2 aromatic carbocycles. The van der Waals surface area contributed by atoms with Crippen molar-refractivity contribution in [2.45, 2.75) is 66.6 Å². The maximum atomic E-state index is 12.6. The van der Waals surface area contributed by atoms with Gasteiger partial charge in [-0.2, -0.15) is 0 Å². The zero-order valence-corrected chi connectivity index (χ0v) is 23.3. The number of methoxy groups -OCH3 is 1. The average Bonchev–Trinajstić information content (AvgIpc) is 3.10. The fourth-order valence-electron chi connectivity index (χ4n) is 4.22. The summed E-state index contributed by atoms with van der Waals surface area (Å²) in [6.07, 6.45) is 3.12. The van der Waals surface area contributed by atoms with E-state index in [1.165, 1.54) is 11.1 Å². The number of carbonyl (C=O) groups is 1. The van der Waals surface area contributed by atoms with Crippen molar-refractivity contribution >= 4 is 6.09 Å². The maximum absolute atomic E-state index is 12.6. The summed E-state index contributed by atoms with van der Waals surface area (Å²) in [4.78, 5) is 18.8. The second kappa shape index (κ2) is 12.6. The number of rotatable bonds is 5. The number of amides is 1. The number of carbonyl (C=O) groups excluding carboxylic acids is 1. The zero-order chi connectivity index (χ0) is 27.0. The van der Waals surface area contributed by atoms with Gasteiger partial charge in [0.1, 0.15) is 23.7 Å². The Morgan fingerprint density at radius 2 is 1.70 bits per heavy atom. The molecule has 0 bridgehead atoms. The molecule has 4 rings (SSSR count). The number of hydrogen-bond donors (Lipinski definition) is 0. The minimum absolute atomic E-state index is 0.251. The number of nitrogens with zero attached hydrogens (tertiary/aromatic N) is 2. The highest BCUT2D eigenvalue weighted by Crippen LogP contribution is 2.35. The lowest BCUT2D eigenvalue weighted by molar-refractivity contribution is 0.0258. The summed E-state index contributed by atoms with van der Waals surface area (Å²) in [5.74, 6) is 1.55. The van der Waals surface area contributed by atoms with Crippen LogP contribution in [0.5, 0.6) is 11.5 Å². The van der Waals surface area contributed by atoms with Crippen LogP contribution in [0.2, 0.25) is 0 Å². The van der Waals surface area contributed by atoms with Gasteiger partial charge in [-0.15, -0.1) is 0 Å². The molecule has 1 aromatic heterocycles. The van der Waals surface area contributed by atoms with Gasteiger partial charge in [0.2, 0.25) is 0 Å². The molecule has 0 aliphatic carbocycles. The number of hydrogen-bond acceptors (Lipinski definition) is 5. The summed E-state index contributed by atoms with van der Waals surface area (Å²) in [5.41, 5.74) is 6.06. The van der Waals surface area contributed by atoms with Gasteiger partial charge in [0.15, 0.2) is 0 Å². The van der Waals surface area contributed by atoms with Crippen LogP contribution in [-0.4, -0.2) is 41.8 Å². The van der Waals surface area contributed by atoms with Crippen molar-refractivity contribution in [2.75, 3.05) is 20.2 Å². The van der Waals surface area contributed by atoms with E-state index in [9.17, 15) is 4.79 Å². The molecule has 0 spiro atoms. The minimum Gasteiger partial charge on any atom is -0.497 e. The number of fused-ring (bicyclic) bond motifs is 1. The van der Waals surface area contributed by atoms with Gasteiger partial charge >= 0.3 is 6.09 Å². The Hall–Kier alpha value is -3.54. The molecule has 0 fully saturated rings. The van der Waals surface area contributed by atoms with E-state index in [4.69, 9.17) is 14.2 Å². The standard InChI is InChI=1S/C29H34N2O4.C2H6/c1-20-10-13-30-24(16-20)19-34-27-9-8-25(33-5)18-26(27)23-7-6-21-11-14-31(15-12-22(21)17-23)28(32)35-29(2,3)4;1-2/h6-10,13,16-18H,11-12,14-15,19H2,1-5H3;1-2H3. The quantitative estimate of drug-likeness (QED) is 0.374. The van der Waals surface area contributed by atoms with E-state index in [-0.39, 0.29) is 6.09 Å². The fraction of sp³-hybridized carbons (Fsp3) is 0.419. The van der Waals surface area contributed by atoms with Crippen LogP contribution in [0.25, 0.3) is 11.1 Å². The van der Waals surface area contributed by atoms with Crippen molar-refractivity contribution in [3.63, 3.8) is 0 Å². The van der Waals surface area contributed by atoms with Crippen LogP contribution in [0.1, 0.15) is 57.0 Å². The molecule has 0 saturated carbocycles. The van der Waals surface area contributed by atoms with Crippen molar-refractivity contribution in [2.24, 2.45) is 0 Å². The van der Waals surface area contributed by atoms with E-state index >= 15 is 0 Å². The van der Waals surface area contributed by atoms with E-state index in [1.54, 1.807) is 18.2 Å². The first-order valence-corrected chi connectivity index (χ1v) is 13.0. The van der Waals surface area contributed by atoms with Crippen LogP contribution >= 0.6 is 0 Å². The first kappa shape index (κ1) is 28.0. The number of aromatic nitrogens is 1. The zero-order valence-electron chi connectivity index (χ0n) is 23.3. The smallest absolute Gasteiger partial charge is 0.410 e. The molecule has 198 valence electrons. The van der Waals surface area contributed by atoms with E-state index in [2.05, 4.69) is 23.2 Å². The van der Waals surface area contributed by atoms with Gasteiger partial charge in [0.05, 0.1) is 12.8 Å². The third kappa shape index (κ3) is 7.72. The monoisotopic (exact) mass is 504 g/mol. The van der Waals surface area contributed by atoms with Crippen molar-refractivity contribution < 1.29 is 19.0 Å². The Labute approximate surface area is 221 Å². The molecule has 0 unspecified atom stereocenters. The normalized spacial score (nSPS) is 13.0. The molecule has 0 atom stereocenters. The second-order valence-corrected chi connectivity index (χ2v) is 9.93. The van der Waals surface area contributed by atoms with Crippen LogP contribution < -0.4 is 9.47 Å². The Morgan fingerprint density at radius 1 is 0.973 bits per heavy atom. The first-order valence-electron chi connectivity index (χ1n) is 13.0.